The Hall–Kier alpha value is -7.68. The molecule has 0 aliphatic rings. The van der Waals surface area contributed by atoms with Crippen molar-refractivity contribution in [3.05, 3.63) is 224 Å². The highest BCUT2D eigenvalue weighted by Crippen LogP contribution is 2.47. The fraction of sp³-hybridized carbons (Fsp3) is 0. The molecule has 1 aromatic heterocycles. The normalized spacial score (nSPS) is 11.4. The molecule has 0 bridgehead atoms. The zero-order valence-electron chi connectivity index (χ0n) is 31.7. The maximum absolute atomic E-state index is 6.81. The van der Waals surface area contributed by atoms with Crippen LogP contribution < -0.4 is 4.90 Å². The fourth-order valence-corrected chi connectivity index (χ4v) is 8.56. The molecule has 0 unspecified atom stereocenters. The van der Waals surface area contributed by atoms with Crippen LogP contribution in [0, 0.1) is 0 Å². The standard InChI is InChI=1S/C56H37NO/c1-3-12-38(13-4-1)41-22-24-43(25-23-41)44-30-33-47(34-31-44)57(48-35-32-40-16-7-8-17-46(40)36-48)53-37-52-55-49(45-28-26-42(27-29-45)39-14-5-2-6-15-39)20-11-21-54(55)58-56(52)51-19-10-9-18-50(51)53/h1-37H. The van der Waals surface area contributed by atoms with Gasteiger partial charge in [0.05, 0.1) is 5.69 Å². The second kappa shape index (κ2) is 14.1. The molecule has 11 aromatic rings. The van der Waals surface area contributed by atoms with Crippen molar-refractivity contribution in [2.24, 2.45) is 0 Å². The molecule has 11 rings (SSSR count). The summed E-state index contributed by atoms with van der Waals surface area (Å²) in [5.41, 5.74) is 14.5. The molecule has 58 heavy (non-hydrogen) atoms. The summed E-state index contributed by atoms with van der Waals surface area (Å²) in [6, 6.07) is 80.6. The highest BCUT2D eigenvalue weighted by Gasteiger charge is 2.22. The van der Waals surface area contributed by atoms with Gasteiger partial charge in [0.2, 0.25) is 0 Å². The minimum absolute atomic E-state index is 0.877. The molecule has 0 saturated carbocycles. The van der Waals surface area contributed by atoms with Crippen molar-refractivity contribution in [3.8, 4) is 44.5 Å². The molecule has 272 valence electrons. The molecule has 0 aliphatic heterocycles. The van der Waals surface area contributed by atoms with E-state index in [9.17, 15) is 0 Å². The van der Waals surface area contributed by atoms with E-state index >= 15 is 0 Å². The Labute approximate surface area is 337 Å². The van der Waals surface area contributed by atoms with Crippen LogP contribution in [-0.2, 0) is 0 Å². The molecule has 0 aliphatic carbocycles. The van der Waals surface area contributed by atoms with Crippen LogP contribution in [0.3, 0.4) is 0 Å². The van der Waals surface area contributed by atoms with Gasteiger partial charge in [0, 0.05) is 32.9 Å². The van der Waals surface area contributed by atoms with Crippen LogP contribution in [0.5, 0.6) is 0 Å². The van der Waals surface area contributed by atoms with Gasteiger partial charge in [0.15, 0.2) is 0 Å². The van der Waals surface area contributed by atoms with Crippen molar-refractivity contribution >= 4 is 60.5 Å². The van der Waals surface area contributed by atoms with Gasteiger partial charge in [0.25, 0.3) is 0 Å². The van der Waals surface area contributed by atoms with Gasteiger partial charge >= 0.3 is 0 Å². The van der Waals surface area contributed by atoms with Gasteiger partial charge in [-0.05, 0) is 91.7 Å². The van der Waals surface area contributed by atoms with Crippen molar-refractivity contribution in [2.75, 3.05) is 4.90 Å². The lowest BCUT2D eigenvalue weighted by molar-refractivity contribution is 0.673. The predicted molar refractivity (Wildman–Crippen MR) is 245 cm³/mol. The summed E-state index contributed by atoms with van der Waals surface area (Å²) in [6.07, 6.45) is 0. The van der Waals surface area contributed by atoms with Gasteiger partial charge < -0.3 is 9.32 Å². The van der Waals surface area contributed by atoms with Crippen molar-refractivity contribution in [2.45, 2.75) is 0 Å². The highest BCUT2D eigenvalue weighted by atomic mass is 16.3. The van der Waals surface area contributed by atoms with Gasteiger partial charge in [-0.25, -0.2) is 0 Å². The minimum Gasteiger partial charge on any atom is -0.455 e. The molecule has 0 atom stereocenters. The Morgan fingerprint density at radius 2 is 0.810 bits per heavy atom. The first-order valence-corrected chi connectivity index (χ1v) is 19.8. The van der Waals surface area contributed by atoms with Gasteiger partial charge in [-0.15, -0.1) is 0 Å². The molecule has 2 nitrogen and oxygen atoms in total. The number of anilines is 3. The summed E-state index contributed by atoms with van der Waals surface area (Å²) in [5, 5.41) is 6.82. The van der Waals surface area contributed by atoms with Crippen molar-refractivity contribution in [1.29, 1.82) is 0 Å². The Morgan fingerprint density at radius 3 is 1.45 bits per heavy atom. The van der Waals surface area contributed by atoms with Crippen LogP contribution in [0.2, 0.25) is 0 Å². The average molecular weight is 740 g/mol. The summed E-state index contributed by atoms with van der Waals surface area (Å²) >= 11 is 0. The van der Waals surface area contributed by atoms with Crippen molar-refractivity contribution in [1.82, 2.24) is 0 Å². The first kappa shape index (κ1) is 33.6. The van der Waals surface area contributed by atoms with E-state index < -0.39 is 0 Å². The molecule has 0 radical (unpaired) electrons. The van der Waals surface area contributed by atoms with Crippen LogP contribution in [-0.4, -0.2) is 0 Å². The number of nitrogens with zero attached hydrogens (tertiary/aromatic N) is 1. The van der Waals surface area contributed by atoms with Gasteiger partial charge in [-0.2, -0.15) is 0 Å². The zero-order valence-corrected chi connectivity index (χ0v) is 31.7. The third-order valence-corrected chi connectivity index (χ3v) is 11.5. The Bertz CT molecular complexity index is 3240. The number of fused-ring (bicyclic) bond motifs is 6. The molecule has 0 fully saturated rings. The minimum atomic E-state index is 0.877. The molecule has 0 N–H and O–H groups in total. The number of rotatable bonds is 7. The summed E-state index contributed by atoms with van der Waals surface area (Å²) in [4.78, 5) is 2.41. The van der Waals surface area contributed by atoms with E-state index in [1.807, 2.05) is 0 Å². The zero-order chi connectivity index (χ0) is 38.4. The lowest BCUT2D eigenvalue weighted by Gasteiger charge is -2.27. The molecule has 0 amide bonds. The maximum atomic E-state index is 6.81. The van der Waals surface area contributed by atoms with Crippen molar-refractivity contribution in [3.63, 3.8) is 0 Å². The van der Waals surface area contributed by atoms with Crippen LogP contribution in [0.1, 0.15) is 0 Å². The molecule has 2 heteroatoms. The molecular weight excluding hydrogens is 703 g/mol. The molecule has 0 saturated heterocycles. The summed E-state index contributed by atoms with van der Waals surface area (Å²) in [5.74, 6) is 0. The number of furan rings is 1. The first-order chi connectivity index (χ1) is 28.7. The Morgan fingerprint density at radius 1 is 0.310 bits per heavy atom. The molecular formula is C56H37NO. The number of hydrogen-bond donors (Lipinski definition) is 0. The van der Waals surface area contributed by atoms with Gasteiger partial charge in [-0.1, -0.05) is 188 Å². The SMILES string of the molecule is c1ccc(-c2ccc(-c3ccc(N(c4ccc5ccccc5c4)c4cc5c(oc6cccc(-c7ccc(-c8ccccc8)cc7)c65)c5ccccc45)cc3)cc2)cc1. The van der Waals surface area contributed by atoms with Crippen LogP contribution in [0.15, 0.2) is 229 Å². The topological polar surface area (TPSA) is 16.4 Å². The highest BCUT2D eigenvalue weighted by molar-refractivity contribution is 6.22. The lowest BCUT2D eigenvalue weighted by Crippen LogP contribution is -2.10. The fourth-order valence-electron chi connectivity index (χ4n) is 8.56. The monoisotopic (exact) mass is 739 g/mol. The van der Waals surface area contributed by atoms with E-state index in [1.165, 1.54) is 44.2 Å². The third kappa shape index (κ3) is 5.91. The Kier molecular flexibility index (Phi) is 8.19. The molecule has 1 heterocycles. The van der Waals surface area contributed by atoms with Crippen LogP contribution in [0.25, 0.3) is 88.0 Å². The summed E-state index contributed by atoms with van der Waals surface area (Å²) < 4.78 is 6.81. The second-order valence-corrected chi connectivity index (χ2v) is 14.9. The van der Waals surface area contributed by atoms with Crippen molar-refractivity contribution < 1.29 is 4.42 Å². The predicted octanol–water partition coefficient (Wildman–Crippen LogP) is 16.0. The maximum Gasteiger partial charge on any atom is 0.143 e. The van der Waals surface area contributed by atoms with E-state index in [1.54, 1.807) is 0 Å². The van der Waals surface area contributed by atoms with Gasteiger partial charge in [0.1, 0.15) is 11.2 Å². The third-order valence-electron chi connectivity index (χ3n) is 11.5. The van der Waals surface area contributed by atoms with E-state index in [2.05, 4.69) is 229 Å². The van der Waals surface area contributed by atoms with Crippen LogP contribution in [0.4, 0.5) is 17.1 Å². The molecule has 0 spiro atoms. The van der Waals surface area contributed by atoms with Gasteiger partial charge in [-0.3, -0.25) is 0 Å². The lowest BCUT2D eigenvalue weighted by atomic mass is 9.95. The molecule has 10 aromatic carbocycles. The average Bonchev–Trinajstić information content (AvgIpc) is 3.69. The smallest absolute Gasteiger partial charge is 0.143 e. The first-order valence-electron chi connectivity index (χ1n) is 19.8. The number of hydrogen-bond acceptors (Lipinski definition) is 2. The quantitative estimate of drug-likeness (QED) is 0.162. The van der Waals surface area contributed by atoms with E-state index in [4.69, 9.17) is 4.42 Å². The number of benzene rings is 10. The van der Waals surface area contributed by atoms with E-state index in [-0.39, 0.29) is 0 Å². The van der Waals surface area contributed by atoms with E-state index in [0.717, 1.165) is 60.9 Å². The summed E-state index contributed by atoms with van der Waals surface area (Å²) in [6.45, 7) is 0. The summed E-state index contributed by atoms with van der Waals surface area (Å²) in [7, 11) is 0. The Balaban J connectivity index is 1.08. The second-order valence-electron chi connectivity index (χ2n) is 14.9. The largest absolute Gasteiger partial charge is 0.455 e. The van der Waals surface area contributed by atoms with E-state index in [0.29, 0.717) is 0 Å². The van der Waals surface area contributed by atoms with Crippen LogP contribution >= 0.6 is 0 Å².